The maximum atomic E-state index is 9.21. The highest BCUT2D eigenvalue weighted by molar-refractivity contribution is 4.76. The summed E-state index contributed by atoms with van der Waals surface area (Å²) in [7, 11) is 0. The third kappa shape index (κ3) is 1.68. The van der Waals surface area contributed by atoms with Crippen LogP contribution in [0.25, 0.3) is 0 Å². The number of hydrogen-bond donors (Lipinski definition) is 2. The summed E-state index contributed by atoms with van der Waals surface area (Å²) >= 11 is 0. The van der Waals surface area contributed by atoms with E-state index in [1.165, 1.54) is 0 Å². The summed E-state index contributed by atoms with van der Waals surface area (Å²) in [6.45, 7) is 2.03. The lowest BCUT2D eigenvalue weighted by molar-refractivity contribution is -0.0967. The minimum atomic E-state index is -0.744. The van der Waals surface area contributed by atoms with E-state index in [4.69, 9.17) is 9.84 Å². The molecule has 1 heterocycles. The predicted molar refractivity (Wildman–Crippen MR) is 36.4 cm³/mol. The van der Waals surface area contributed by atoms with Crippen LogP contribution in [-0.4, -0.2) is 28.7 Å². The molecule has 1 fully saturated rings. The van der Waals surface area contributed by atoms with Crippen LogP contribution >= 0.6 is 0 Å². The Morgan fingerprint density at radius 3 is 2.60 bits per heavy atom. The fraction of sp³-hybridized carbons (Fsp3) is 1.00. The maximum Gasteiger partial charge on any atom is 0.157 e. The van der Waals surface area contributed by atoms with Crippen LogP contribution in [0.1, 0.15) is 26.2 Å². The van der Waals surface area contributed by atoms with E-state index in [9.17, 15) is 5.11 Å². The highest BCUT2D eigenvalue weighted by Crippen LogP contribution is 2.21. The maximum absolute atomic E-state index is 9.21. The molecule has 3 unspecified atom stereocenters. The molecule has 2 N–H and O–H groups in total. The van der Waals surface area contributed by atoms with E-state index in [0.29, 0.717) is 6.42 Å². The van der Waals surface area contributed by atoms with Crippen LogP contribution in [0.4, 0.5) is 0 Å². The largest absolute Gasteiger partial charge is 0.390 e. The van der Waals surface area contributed by atoms with Gasteiger partial charge in [-0.25, -0.2) is 0 Å². The normalized spacial score (nSPS) is 40.5. The highest BCUT2D eigenvalue weighted by Gasteiger charge is 2.31. The smallest absolute Gasteiger partial charge is 0.157 e. The fourth-order valence-corrected chi connectivity index (χ4v) is 1.25. The molecule has 0 aromatic heterocycles. The van der Waals surface area contributed by atoms with Gasteiger partial charge in [0, 0.05) is 6.42 Å². The lowest BCUT2D eigenvalue weighted by Crippen LogP contribution is -2.20. The Kier molecular flexibility index (Phi) is 2.65. The Bertz CT molecular complexity index is 105. The van der Waals surface area contributed by atoms with Gasteiger partial charge in [0.25, 0.3) is 0 Å². The van der Waals surface area contributed by atoms with Crippen LogP contribution in [0, 0.1) is 0 Å². The van der Waals surface area contributed by atoms with Crippen molar-refractivity contribution in [2.24, 2.45) is 0 Å². The number of aliphatic hydroxyl groups is 2. The minimum absolute atomic E-state index is 0.139. The molecular weight excluding hydrogens is 132 g/mol. The second kappa shape index (κ2) is 3.32. The van der Waals surface area contributed by atoms with Gasteiger partial charge in [0.05, 0.1) is 12.2 Å². The molecule has 0 aliphatic carbocycles. The molecule has 0 amide bonds. The summed E-state index contributed by atoms with van der Waals surface area (Å²) in [4.78, 5) is 0. The van der Waals surface area contributed by atoms with E-state index in [-0.39, 0.29) is 6.10 Å². The second-order valence-corrected chi connectivity index (χ2v) is 2.72. The number of hydrogen-bond acceptors (Lipinski definition) is 3. The molecule has 0 saturated carbocycles. The van der Waals surface area contributed by atoms with Gasteiger partial charge in [-0.3, -0.25) is 0 Å². The van der Waals surface area contributed by atoms with Gasteiger partial charge in [0.15, 0.2) is 6.29 Å². The molecule has 1 aliphatic rings. The third-order valence-electron chi connectivity index (χ3n) is 1.78. The Hall–Kier alpha value is -0.120. The zero-order valence-electron chi connectivity index (χ0n) is 6.16. The highest BCUT2D eigenvalue weighted by atomic mass is 16.6. The predicted octanol–water partition coefficient (Wildman–Crippen LogP) is 0.255. The van der Waals surface area contributed by atoms with Crippen molar-refractivity contribution in [1.29, 1.82) is 0 Å². The molecule has 10 heavy (non-hydrogen) atoms. The molecule has 3 atom stereocenters. The summed E-state index contributed by atoms with van der Waals surface area (Å²) in [6, 6.07) is 0. The molecule has 3 nitrogen and oxygen atoms in total. The third-order valence-corrected chi connectivity index (χ3v) is 1.78. The van der Waals surface area contributed by atoms with E-state index in [1.54, 1.807) is 0 Å². The zero-order valence-corrected chi connectivity index (χ0v) is 6.16. The molecule has 1 saturated heterocycles. The Labute approximate surface area is 60.6 Å². The molecule has 60 valence electrons. The van der Waals surface area contributed by atoms with Crippen LogP contribution in [0.3, 0.4) is 0 Å². The van der Waals surface area contributed by atoms with Gasteiger partial charge in [-0.2, -0.15) is 0 Å². The first-order valence-corrected chi connectivity index (χ1v) is 3.75. The fourth-order valence-electron chi connectivity index (χ4n) is 1.25. The van der Waals surface area contributed by atoms with Crippen molar-refractivity contribution in [3.8, 4) is 0 Å². The van der Waals surface area contributed by atoms with E-state index < -0.39 is 12.4 Å². The first-order chi connectivity index (χ1) is 4.74. The molecular formula is C7H14O3. The summed E-state index contributed by atoms with van der Waals surface area (Å²) < 4.78 is 5.02. The van der Waals surface area contributed by atoms with Crippen molar-refractivity contribution >= 4 is 0 Å². The molecule has 0 spiro atoms. The Morgan fingerprint density at radius 1 is 1.50 bits per heavy atom. The molecule has 0 bridgehead atoms. The first kappa shape index (κ1) is 7.98. The summed E-state index contributed by atoms with van der Waals surface area (Å²) in [5.74, 6) is 0. The molecule has 0 aromatic rings. The second-order valence-electron chi connectivity index (χ2n) is 2.72. The van der Waals surface area contributed by atoms with Crippen molar-refractivity contribution in [1.82, 2.24) is 0 Å². The van der Waals surface area contributed by atoms with Gasteiger partial charge < -0.3 is 14.9 Å². The summed E-state index contributed by atoms with van der Waals surface area (Å²) in [6.07, 6.45) is 0.832. The zero-order chi connectivity index (χ0) is 7.56. The van der Waals surface area contributed by atoms with Crippen molar-refractivity contribution in [2.75, 3.05) is 0 Å². The number of rotatable bonds is 2. The van der Waals surface area contributed by atoms with Gasteiger partial charge in [-0.15, -0.1) is 0 Å². The van der Waals surface area contributed by atoms with E-state index in [0.717, 1.165) is 12.8 Å². The number of aliphatic hydroxyl groups excluding tert-OH is 2. The van der Waals surface area contributed by atoms with E-state index in [2.05, 4.69) is 0 Å². The van der Waals surface area contributed by atoms with Crippen LogP contribution in [0.5, 0.6) is 0 Å². The lowest BCUT2D eigenvalue weighted by Gasteiger charge is -2.11. The van der Waals surface area contributed by atoms with Crippen molar-refractivity contribution in [2.45, 2.75) is 44.7 Å². The van der Waals surface area contributed by atoms with E-state index >= 15 is 0 Å². The van der Waals surface area contributed by atoms with Crippen molar-refractivity contribution < 1.29 is 14.9 Å². The number of ether oxygens (including phenoxy) is 1. The van der Waals surface area contributed by atoms with Crippen LogP contribution in [0.15, 0.2) is 0 Å². The summed E-state index contributed by atoms with van der Waals surface area (Å²) in [5, 5.41) is 18.1. The van der Waals surface area contributed by atoms with Gasteiger partial charge in [0.2, 0.25) is 0 Å². The molecule has 3 heteroatoms. The summed E-state index contributed by atoms with van der Waals surface area (Å²) in [5.41, 5.74) is 0. The standard InChI is InChI=1S/C7H14O3/c1-2-3-6-5(8)4-7(9)10-6/h5-9H,2-4H2,1H3. The van der Waals surface area contributed by atoms with Gasteiger partial charge in [-0.1, -0.05) is 13.3 Å². The molecule has 0 radical (unpaired) electrons. The lowest BCUT2D eigenvalue weighted by atomic mass is 10.1. The van der Waals surface area contributed by atoms with Gasteiger partial charge >= 0.3 is 0 Å². The topological polar surface area (TPSA) is 49.7 Å². The molecule has 0 aromatic carbocycles. The van der Waals surface area contributed by atoms with Crippen LogP contribution in [0.2, 0.25) is 0 Å². The monoisotopic (exact) mass is 146 g/mol. The first-order valence-electron chi connectivity index (χ1n) is 3.75. The average molecular weight is 146 g/mol. The Morgan fingerprint density at radius 2 is 2.20 bits per heavy atom. The minimum Gasteiger partial charge on any atom is -0.390 e. The Balaban J connectivity index is 2.31. The van der Waals surface area contributed by atoms with E-state index in [1.807, 2.05) is 6.92 Å². The van der Waals surface area contributed by atoms with Crippen molar-refractivity contribution in [3.63, 3.8) is 0 Å². The SMILES string of the molecule is CCCC1OC(O)CC1O. The van der Waals surface area contributed by atoms with Crippen LogP contribution in [-0.2, 0) is 4.74 Å². The quantitative estimate of drug-likeness (QED) is 0.587. The van der Waals surface area contributed by atoms with Crippen LogP contribution < -0.4 is 0 Å². The van der Waals surface area contributed by atoms with Gasteiger partial charge in [-0.05, 0) is 6.42 Å². The van der Waals surface area contributed by atoms with Crippen molar-refractivity contribution in [3.05, 3.63) is 0 Å². The van der Waals surface area contributed by atoms with Gasteiger partial charge in [0.1, 0.15) is 0 Å². The molecule has 1 aliphatic heterocycles. The molecule has 1 rings (SSSR count). The average Bonchev–Trinajstić information content (AvgIpc) is 2.13.